The highest BCUT2D eigenvalue weighted by Crippen LogP contribution is 2.19. The van der Waals surface area contributed by atoms with E-state index < -0.39 is 18.6 Å². The zero-order valence-corrected chi connectivity index (χ0v) is 13.3. The Bertz CT molecular complexity index is 671. The fourth-order valence-corrected chi connectivity index (χ4v) is 2.02. The molecule has 0 radical (unpaired) electrons. The van der Waals surface area contributed by atoms with Crippen molar-refractivity contribution in [2.45, 2.75) is 32.5 Å². The Labute approximate surface area is 137 Å². The summed E-state index contributed by atoms with van der Waals surface area (Å²) in [4.78, 5) is 12.0. The number of aliphatic hydroxyl groups excluding tert-OH is 1. The quantitative estimate of drug-likeness (QED) is 0.724. The largest absolute Gasteiger partial charge is 0.435 e. The van der Waals surface area contributed by atoms with Crippen LogP contribution in [0.4, 0.5) is 8.78 Å². The number of amides is 1. The molecule has 0 saturated carbocycles. The molecule has 2 rings (SSSR count). The number of aromatic nitrogens is 2. The number of hydrogen-bond acceptors (Lipinski definition) is 4. The van der Waals surface area contributed by atoms with Crippen molar-refractivity contribution in [3.05, 3.63) is 47.3 Å². The predicted octanol–water partition coefficient (Wildman–Crippen LogP) is 2.60. The third-order valence-corrected chi connectivity index (χ3v) is 3.40. The van der Waals surface area contributed by atoms with Gasteiger partial charge in [-0.15, -0.1) is 0 Å². The van der Waals surface area contributed by atoms with Crippen molar-refractivity contribution in [1.29, 1.82) is 0 Å². The van der Waals surface area contributed by atoms with Crippen molar-refractivity contribution >= 4 is 5.91 Å². The number of hydrogen-bond donors (Lipinski definition) is 3. The molecule has 8 heteroatoms. The number of rotatable bonds is 7. The second kappa shape index (κ2) is 7.87. The first-order valence-corrected chi connectivity index (χ1v) is 7.43. The van der Waals surface area contributed by atoms with E-state index in [0.29, 0.717) is 5.56 Å². The van der Waals surface area contributed by atoms with Crippen LogP contribution in [-0.4, -0.2) is 34.4 Å². The van der Waals surface area contributed by atoms with Crippen LogP contribution in [0, 0.1) is 0 Å². The van der Waals surface area contributed by atoms with Crippen molar-refractivity contribution in [2.75, 3.05) is 6.54 Å². The fraction of sp³-hybridized carbons (Fsp3) is 0.375. The topological polar surface area (TPSA) is 87.2 Å². The van der Waals surface area contributed by atoms with E-state index in [9.17, 15) is 18.7 Å². The lowest BCUT2D eigenvalue weighted by atomic mass is 10.1. The van der Waals surface area contributed by atoms with Crippen LogP contribution in [0.5, 0.6) is 5.75 Å². The minimum Gasteiger partial charge on any atom is -0.435 e. The Morgan fingerprint density at radius 2 is 2.00 bits per heavy atom. The van der Waals surface area contributed by atoms with Crippen LogP contribution in [-0.2, 0) is 0 Å². The van der Waals surface area contributed by atoms with Gasteiger partial charge in [0.2, 0.25) is 0 Å². The molecule has 0 aliphatic heterocycles. The molecular weight excluding hydrogens is 320 g/mol. The highest BCUT2D eigenvalue weighted by Gasteiger charge is 2.15. The summed E-state index contributed by atoms with van der Waals surface area (Å²) in [5.74, 6) is -0.184. The summed E-state index contributed by atoms with van der Waals surface area (Å²) >= 11 is 0. The fourth-order valence-electron chi connectivity index (χ4n) is 2.02. The van der Waals surface area contributed by atoms with Gasteiger partial charge in [-0.1, -0.05) is 26.0 Å². The standard InChI is InChI=1S/C16H19F2N3O3/c1-9(2)12-7-13(21-20-12)15(23)19-8-14(22)10-3-5-11(6-4-10)24-16(17)18/h3-7,9,14,16,22H,8H2,1-2H3,(H,19,23)(H,20,21). The van der Waals surface area contributed by atoms with Gasteiger partial charge in [-0.3, -0.25) is 9.89 Å². The summed E-state index contributed by atoms with van der Waals surface area (Å²) in [6.07, 6.45) is -0.974. The van der Waals surface area contributed by atoms with E-state index in [1.165, 1.54) is 24.3 Å². The average molecular weight is 339 g/mol. The summed E-state index contributed by atoms with van der Waals surface area (Å²) in [6.45, 7) is 1.02. The summed E-state index contributed by atoms with van der Waals surface area (Å²) < 4.78 is 28.4. The van der Waals surface area contributed by atoms with Gasteiger partial charge in [0.05, 0.1) is 6.10 Å². The first-order valence-electron chi connectivity index (χ1n) is 7.43. The maximum absolute atomic E-state index is 12.1. The number of aliphatic hydroxyl groups is 1. The van der Waals surface area contributed by atoms with E-state index in [0.717, 1.165) is 5.69 Å². The molecule has 6 nitrogen and oxygen atoms in total. The molecule has 0 bridgehead atoms. The molecule has 1 amide bonds. The normalized spacial score (nSPS) is 12.5. The summed E-state index contributed by atoms with van der Waals surface area (Å²) in [5.41, 5.74) is 1.56. The molecule has 1 unspecified atom stereocenters. The van der Waals surface area contributed by atoms with Crippen molar-refractivity contribution < 1.29 is 23.4 Å². The van der Waals surface area contributed by atoms with Gasteiger partial charge in [0, 0.05) is 12.2 Å². The number of alkyl halides is 2. The smallest absolute Gasteiger partial charge is 0.387 e. The highest BCUT2D eigenvalue weighted by molar-refractivity contribution is 5.92. The second-order valence-corrected chi connectivity index (χ2v) is 5.54. The minimum atomic E-state index is -2.90. The Hall–Kier alpha value is -2.48. The van der Waals surface area contributed by atoms with Crippen molar-refractivity contribution in [1.82, 2.24) is 15.5 Å². The van der Waals surface area contributed by atoms with Gasteiger partial charge in [-0.2, -0.15) is 13.9 Å². The molecule has 1 aromatic heterocycles. The maximum Gasteiger partial charge on any atom is 0.387 e. The van der Waals surface area contributed by atoms with E-state index in [2.05, 4.69) is 20.3 Å². The van der Waals surface area contributed by atoms with Crippen LogP contribution in [0.15, 0.2) is 30.3 Å². The molecule has 0 saturated heterocycles. The molecule has 130 valence electrons. The van der Waals surface area contributed by atoms with E-state index >= 15 is 0 Å². The molecule has 24 heavy (non-hydrogen) atoms. The van der Waals surface area contributed by atoms with E-state index in [1.54, 1.807) is 6.07 Å². The number of nitrogens with one attached hydrogen (secondary N) is 2. The monoisotopic (exact) mass is 339 g/mol. The number of nitrogens with zero attached hydrogens (tertiary/aromatic N) is 1. The van der Waals surface area contributed by atoms with Gasteiger partial charge in [-0.05, 0) is 29.7 Å². The van der Waals surface area contributed by atoms with E-state index in [-0.39, 0.29) is 23.9 Å². The predicted molar refractivity (Wildman–Crippen MR) is 83.0 cm³/mol. The molecule has 1 heterocycles. The van der Waals surface area contributed by atoms with Gasteiger partial charge >= 0.3 is 6.61 Å². The maximum atomic E-state index is 12.1. The molecular formula is C16H19F2N3O3. The lowest BCUT2D eigenvalue weighted by molar-refractivity contribution is -0.0498. The van der Waals surface area contributed by atoms with Gasteiger partial charge in [-0.25, -0.2) is 0 Å². The highest BCUT2D eigenvalue weighted by atomic mass is 19.3. The number of H-pyrrole nitrogens is 1. The zero-order valence-electron chi connectivity index (χ0n) is 13.3. The molecule has 0 fully saturated rings. The van der Waals surface area contributed by atoms with Crippen molar-refractivity contribution in [2.24, 2.45) is 0 Å². The van der Waals surface area contributed by atoms with Crippen molar-refractivity contribution in [3.63, 3.8) is 0 Å². The van der Waals surface area contributed by atoms with Crippen LogP contribution in [0.25, 0.3) is 0 Å². The van der Waals surface area contributed by atoms with Crippen LogP contribution in [0.1, 0.15) is 47.6 Å². The van der Waals surface area contributed by atoms with Crippen LogP contribution >= 0.6 is 0 Å². The van der Waals surface area contributed by atoms with Crippen LogP contribution < -0.4 is 10.1 Å². The summed E-state index contributed by atoms with van der Waals surface area (Å²) in [7, 11) is 0. The van der Waals surface area contributed by atoms with E-state index in [4.69, 9.17) is 0 Å². The number of benzene rings is 1. The Balaban J connectivity index is 1.89. The average Bonchev–Trinajstić information content (AvgIpc) is 3.02. The molecule has 0 spiro atoms. The van der Waals surface area contributed by atoms with E-state index in [1.807, 2.05) is 13.8 Å². The van der Waals surface area contributed by atoms with Crippen LogP contribution in [0.2, 0.25) is 0 Å². The second-order valence-electron chi connectivity index (χ2n) is 5.54. The van der Waals surface area contributed by atoms with Crippen molar-refractivity contribution in [3.8, 4) is 5.75 Å². The number of halogens is 2. The molecule has 0 aliphatic carbocycles. The molecule has 3 N–H and O–H groups in total. The van der Waals surface area contributed by atoms with Gasteiger partial charge < -0.3 is 15.2 Å². The first kappa shape index (κ1) is 17.9. The van der Waals surface area contributed by atoms with Gasteiger partial charge in [0.15, 0.2) is 0 Å². The number of carbonyl (C=O) groups is 1. The lowest BCUT2D eigenvalue weighted by Gasteiger charge is -2.12. The molecule has 0 aliphatic rings. The lowest BCUT2D eigenvalue weighted by Crippen LogP contribution is -2.28. The third kappa shape index (κ3) is 4.76. The molecule has 1 atom stereocenters. The number of aromatic amines is 1. The SMILES string of the molecule is CC(C)c1cc(C(=O)NCC(O)c2ccc(OC(F)F)cc2)n[nH]1. The van der Waals surface area contributed by atoms with Gasteiger partial charge in [0.25, 0.3) is 5.91 Å². The number of ether oxygens (including phenoxy) is 1. The summed E-state index contributed by atoms with van der Waals surface area (Å²) in [5, 5.41) is 19.3. The first-order chi connectivity index (χ1) is 11.4. The zero-order chi connectivity index (χ0) is 17.7. The third-order valence-electron chi connectivity index (χ3n) is 3.40. The Morgan fingerprint density at radius 3 is 2.54 bits per heavy atom. The number of carbonyl (C=O) groups excluding carboxylic acids is 1. The minimum absolute atomic E-state index is 0.00252. The Kier molecular flexibility index (Phi) is 5.86. The van der Waals surface area contributed by atoms with Gasteiger partial charge in [0.1, 0.15) is 11.4 Å². The summed E-state index contributed by atoms with van der Waals surface area (Å²) in [6, 6.07) is 7.23. The van der Waals surface area contributed by atoms with Crippen LogP contribution in [0.3, 0.4) is 0 Å². The molecule has 2 aromatic rings. The Morgan fingerprint density at radius 1 is 1.33 bits per heavy atom. The molecule has 1 aromatic carbocycles.